The summed E-state index contributed by atoms with van der Waals surface area (Å²) in [4.78, 5) is 7.49. The second kappa shape index (κ2) is 7.77. The standard InChI is InChI=1S/C25H27N3S/c1-18(19-10-12-20(13-11-19)28-16-14-27(2)15-17-28)21-6-5-9-24-25(21)26-22-7-3-4-8-23(22)29-24/h3-13,18,26H,14-17H2,1-2H3. The SMILES string of the molecule is CC(c1ccc(N2CCN(C)CC2)cc1)c1cccc2c1Nc1ccccc1S2. The summed E-state index contributed by atoms with van der Waals surface area (Å²) < 4.78 is 0. The number of likely N-dealkylation sites (N-methyl/N-ethyl adjacent to an activating group) is 1. The molecule has 0 aromatic heterocycles. The van der Waals surface area contributed by atoms with Crippen LogP contribution in [0.25, 0.3) is 0 Å². The third kappa shape index (κ3) is 3.63. The Balaban J connectivity index is 1.40. The fraction of sp³-hybridized carbons (Fsp3) is 0.280. The molecule has 1 fully saturated rings. The molecule has 3 aromatic rings. The first-order valence-electron chi connectivity index (χ1n) is 10.4. The van der Waals surface area contributed by atoms with E-state index >= 15 is 0 Å². The van der Waals surface area contributed by atoms with Crippen LogP contribution in [-0.2, 0) is 0 Å². The monoisotopic (exact) mass is 401 g/mol. The van der Waals surface area contributed by atoms with Gasteiger partial charge in [-0.25, -0.2) is 0 Å². The maximum Gasteiger partial charge on any atom is 0.0565 e. The zero-order valence-corrected chi connectivity index (χ0v) is 17.9. The van der Waals surface area contributed by atoms with E-state index in [0.29, 0.717) is 5.92 Å². The van der Waals surface area contributed by atoms with E-state index in [0.717, 1.165) is 26.2 Å². The normalized spacial score (nSPS) is 17.2. The van der Waals surface area contributed by atoms with Crippen molar-refractivity contribution >= 4 is 28.8 Å². The summed E-state index contributed by atoms with van der Waals surface area (Å²) in [6.07, 6.45) is 0. The van der Waals surface area contributed by atoms with E-state index in [1.165, 1.54) is 38.0 Å². The van der Waals surface area contributed by atoms with E-state index in [4.69, 9.17) is 0 Å². The molecule has 1 unspecified atom stereocenters. The Morgan fingerprint density at radius 3 is 2.34 bits per heavy atom. The van der Waals surface area contributed by atoms with Crippen molar-refractivity contribution in [1.82, 2.24) is 4.90 Å². The molecular formula is C25H27N3S. The molecule has 2 aliphatic heterocycles. The number of nitrogens with one attached hydrogen (secondary N) is 1. The molecule has 0 bridgehead atoms. The largest absolute Gasteiger partial charge is 0.369 e. The number of piperazine rings is 1. The lowest BCUT2D eigenvalue weighted by atomic mass is 9.91. The first-order chi connectivity index (χ1) is 14.2. The molecule has 3 nitrogen and oxygen atoms in total. The van der Waals surface area contributed by atoms with Gasteiger partial charge in [0.2, 0.25) is 0 Å². The highest BCUT2D eigenvalue weighted by molar-refractivity contribution is 7.99. The van der Waals surface area contributed by atoms with Gasteiger partial charge in [0, 0.05) is 47.6 Å². The maximum absolute atomic E-state index is 3.69. The molecule has 2 heterocycles. The van der Waals surface area contributed by atoms with Gasteiger partial charge in [-0.1, -0.05) is 55.1 Å². The molecule has 0 aliphatic carbocycles. The molecule has 1 saturated heterocycles. The van der Waals surface area contributed by atoms with Gasteiger partial charge < -0.3 is 15.1 Å². The predicted molar refractivity (Wildman–Crippen MR) is 124 cm³/mol. The van der Waals surface area contributed by atoms with Crippen LogP contribution < -0.4 is 10.2 Å². The summed E-state index contributed by atoms with van der Waals surface area (Å²) in [7, 11) is 2.20. The van der Waals surface area contributed by atoms with Gasteiger partial charge in [0.15, 0.2) is 0 Å². The van der Waals surface area contributed by atoms with Gasteiger partial charge in [0.05, 0.1) is 11.4 Å². The predicted octanol–water partition coefficient (Wildman–Crippen LogP) is 5.80. The zero-order valence-electron chi connectivity index (χ0n) is 17.1. The van der Waals surface area contributed by atoms with Crippen molar-refractivity contribution in [1.29, 1.82) is 0 Å². The van der Waals surface area contributed by atoms with Crippen molar-refractivity contribution in [3.05, 3.63) is 77.9 Å². The topological polar surface area (TPSA) is 18.5 Å². The minimum absolute atomic E-state index is 0.338. The summed E-state index contributed by atoms with van der Waals surface area (Å²) in [6.45, 7) is 6.81. The average molecular weight is 402 g/mol. The molecule has 0 radical (unpaired) electrons. The number of rotatable bonds is 3. The van der Waals surface area contributed by atoms with Crippen LogP contribution in [0.4, 0.5) is 17.1 Å². The highest BCUT2D eigenvalue weighted by Crippen LogP contribution is 2.47. The Hall–Kier alpha value is -2.43. The molecule has 3 aromatic carbocycles. The van der Waals surface area contributed by atoms with E-state index in [2.05, 4.69) is 95.8 Å². The van der Waals surface area contributed by atoms with Gasteiger partial charge in [0.1, 0.15) is 0 Å². The first-order valence-corrected chi connectivity index (χ1v) is 11.2. The minimum atomic E-state index is 0.338. The third-order valence-electron chi connectivity index (χ3n) is 6.15. The smallest absolute Gasteiger partial charge is 0.0565 e. The van der Waals surface area contributed by atoms with Crippen molar-refractivity contribution < 1.29 is 0 Å². The van der Waals surface area contributed by atoms with Crippen LogP contribution in [0.1, 0.15) is 24.0 Å². The van der Waals surface area contributed by atoms with E-state index in [1.54, 1.807) is 0 Å². The Morgan fingerprint density at radius 2 is 1.55 bits per heavy atom. The van der Waals surface area contributed by atoms with Crippen LogP contribution in [0, 0.1) is 0 Å². The van der Waals surface area contributed by atoms with Gasteiger partial charge in [-0.15, -0.1) is 0 Å². The number of benzene rings is 3. The number of anilines is 3. The highest BCUT2D eigenvalue weighted by atomic mass is 32.2. The Bertz CT molecular complexity index is 1010. The number of nitrogens with zero attached hydrogens (tertiary/aromatic N) is 2. The van der Waals surface area contributed by atoms with Gasteiger partial charge in [0.25, 0.3) is 0 Å². The molecule has 148 valence electrons. The van der Waals surface area contributed by atoms with Crippen LogP contribution in [0.15, 0.2) is 76.5 Å². The molecule has 0 saturated carbocycles. The Morgan fingerprint density at radius 1 is 0.828 bits per heavy atom. The van der Waals surface area contributed by atoms with E-state index in [1.807, 2.05) is 11.8 Å². The summed E-state index contributed by atoms with van der Waals surface area (Å²) >= 11 is 1.86. The lowest BCUT2D eigenvalue weighted by molar-refractivity contribution is 0.313. The van der Waals surface area contributed by atoms with Crippen LogP contribution in [-0.4, -0.2) is 38.1 Å². The summed E-state index contributed by atoms with van der Waals surface area (Å²) in [5.41, 5.74) is 6.52. The molecule has 0 spiro atoms. The zero-order chi connectivity index (χ0) is 19.8. The number of hydrogen-bond donors (Lipinski definition) is 1. The summed E-state index contributed by atoms with van der Waals surface area (Å²) in [6, 6.07) is 24.4. The highest BCUT2D eigenvalue weighted by Gasteiger charge is 2.21. The van der Waals surface area contributed by atoms with Gasteiger partial charge in [-0.2, -0.15) is 0 Å². The Kier molecular flexibility index (Phi) is 4.98. The van der Waals surface area contributed by atoms with Crippen LogP contribution in [0.3, 0.4) is 0 Å². The van der Waals surface area contributed by atoms with Crippen molar-refractivity contribution in [3.63, 3.8) is 0 Å². The molecule has 2 aliphatic rings. The molecule has 4 heteroatoms. The lowest BCUT2D eigenvalue weighted by Crippen LogP contribution is -2.44. The van der Waals surface area contributed by atoms with Crippen molar-refractivity contribution in [2.75, 3.05) is 43.4 Å². The number of para-hydroxylation sites is 2. The summed E-state index contributed by atoms with van der Waals surface area (Å²) in [5, 5.41) is 3.69. The molecular weight excluding hydrogens is 374 g/mol. The second-order valence-corrected chi connectivity index (χ2v) is 9.13. The van der Waals surface area contributed by atoms with Crippen molar-refractivity contribution in [2.24, 2.45) is 0 Å². The fourth-order valence-electron chi connectivity index (χ4n) is 4.26. The van der Waals surface area contributed by atoms with Gasteiger partial charge >= 0.3 is 0 Å². The molecule has 0 amide bonds. The molecule has 1 N–H and O–H groups in total. The van der Waals surface area contributed by atoms with E-state index in [-0.39, 0.29) is 0 Å². The second-order valence-electron chi connectivity index (χ2n) is 8.05. The van der Waals surface area contributed by atoms with Gasteiger partial charge in [-0.3, -0.25) is 0 Å². The third-order valence-corrected chi connectivity index (χ3v) is 7.29. The van der Waals surface area contributed by atoms with Crippen molar-refractivity contribution in [3.8, 4) is 0 Å². The average Bonchev–Trinajstić information content (AvgIpc) is 2.77. The van der Waals surface area contributed by atoms with Crippen LogP contribution >= 0.6 is 11.8 Å². The minimum Gasteiger partial charge on any atom is -0.369 e. The molecule has 29 heavy (non-hydrogen) atoms. The molecule has 1 atom stereocenters. The van der Waals surface area contributed by atoms with Gasteiger partial charge in [-0.05, 0) is 48.5 Å². The Labute approximate surface area is 177 Å². The first kappa shape index (κ1) is 18.6. The lowest BCUT2D eigenvalue weighted by Gasteiger charge is -2.34. The maximum atomic E-state index is 3.69. The van der Waals surface area contributed by atoms with Crippen LogP contribution in [0.5, 0.6) is 0 Å². The van der Waals surface area contributed by atoms with E-state index < -0.39 is 0 Å². The fourth-order valence-corrected chi connectivity index (χ4v) is 5.29. The summed E-state index contributed by atoms with van der Waals surface area (Å²) in [5.74, 6) is 0.338. The number of hydrogen-bond acceptors (Lipinski definition) is 4. The van der Waals surface area contributed by atoms with Crippen molar-refractivity contribution in [2.45, 2.75) is 22.6 Å². The quantitative estimate of drug-likeness (QED) is 0.467. The van der Waals surface area contributed by atoms with Crippen LogP contribution in [0.2, 0.25) is 0 Å². The molecule has 5 rings (SSSR count). The number of fused-ring (bicyclic) bond motifs is 2. The van der Waals surface area contributed by atoms with E-state index in [9.17, 15) is 0 Å².